The van der Waals surface area contributed by atoms with Crippen molar-refractivity contribution in [3.8, 4) is 11.5 Å². The molecule has 0 saturated carbocycles. The Morgan fingerprint density at radius 3 is 2.50 bits per heavy atom. The molecule has 1 aliphatic rings. The first kappa shape index (κ1) is 25.4. The number of halogens is 3. The first-order valence-electron chi connectivity index (χ1n) is 10.7. The fourth-order valence-corrected chi connectivity index (χ4v) is 4.40. The summed E-state index contributed by atoms with van der Waals surface area (Å²) in [5.74, 6) is -2.01. The Labute approximate surface area is 214 Å². The fraction of sp³-hybridized carbons (Fsp3) is 0.115. The normalized spacial score (nSPS) is 14.4. The van der Waals surface area contributed by atoms with E-state index in [2.05, 4.69) is 0 Å². The quantitative estimate of drug-likeness (QED) is 0.198. The van der Waals surface area contributed by atoms with Gasteiger partial charge in [0.15, 0.2) is 11.5 Å². The van der Waals surface area contributed by atoms with Gasteiger partial charge in [0.05, 0.1) is 23.6 Å². The van der Waals surface area contributed by atoms with Crippen molar-refractivity contribution in [1.82, 2.24) is 4.90 Å². The summed E-state index contributed by atoms with van der Waals surface area (Å²) in [6, 6.07) is 13.6. The molecule has 0 spiro atoms. The zero-order valence-corrected chi connectivity index (χ0v) is 20.4. The van der Waals surface area contributed by atoms with Crippen LogP contribution in [0.25, 0.3) is 6.08 Å². The highest BCUT2D eigenvalue weighted by atomic mass is 35.5. The lowest BCUT2D eigenvalue weighted by molar-refractivity contribution is -0.123. The van der Waals surface area contributed by atoms with Gasteiger partial charge in [-0.15, -0.1) is 0 Å². The van der Waals surface area contributed by atoms with Gasteiger partial charge in [-0.2, -0.15) is 0 Å². The number of carbonyl (C=O) groups is 3. The van der Waals surface area contributed by atoms with E-state index in [0.29, 0.717) is 17.3 Å². The van der Waals surface area contributed by atoms with Crippen LogP contribution in [0, 0.1) is 11.6 Å². The third-order valence-electron chi connectivity index (χ3n) is 5.10. The molecule has 1 saturated heterocycles. The lowest BCUT2D eigenvalue weighted by Crippen LogP contribution is -2.28. The minimum Gasteiger partial charge on any atom is -0.490 e. The summed E-state index contributed by atoms with van der Waals surface area (Å²) >= 11 is 6.75. The van der Waals surface area contributed by atoms with Crippen molar-refractivity contribution in [3.63, 3.8) is 0 Å². The Hall–Kier alpha value is -3.69. The standard InChI is InChI=1S/C26H18ClF2NO5S/c1-2-34-22-12-15(6-11-21(22)35-25(32)16-7-9-17(28)10-8-16)13-23-24(31)30(26(33)36-23)14-18-19(27)4-3-5-20(18)29/h3-13H,2,14H2,1H3/b23-13-. The van der Waals surface area contributed by atoms with Gasteiger partial charge in [0.25, 0.3) is 11.1 Å². The van der Waals surface area contributed by atoms with Gasteiger partial charge in [0, 0.05) is 10.6 Å². The Morgan fingerprint density at radius 2 is 1.81 bits per heavy atom. The maximum Gasteiger partial charge on any atom is 0.343 e. The number of carbonyl (C=O) groups excluding carboxylic acids is 3. The van der Waals surface area contributed by atoms with Crippen LogP contribution >= 0.6 is 23.4 Å². The number of esters is 1. The number of imide groups is 1. The summed E-state index contributed by atoms with van der Waals surface area (Å²) in [4.78, 5) is 38.8. The zero-order valence-electron chi connectivity index (χ0n) is 18.8. The Kier molecular flexibility index (Phi) is 7.71. The highest BCUT2D eigenvalue weighted by Gasteiger charge is 2.36. The van der Waals surface area contributed by atoms with Crippen LogP contribution in [0.15, 0.2) is 65.6 Å². The number of hydrogen-bond acceptors (Lipinski definition) is 6. The van der Waals surface area contributed by atoms with Crippen LogP contribution in [0.5, 0.6) is 11.5 Å². The van der Waals surface area contributed by atoms with E-state index >= 15 is 0 Å². The van der Waals surface area contributed by atoms with Crippen molar-refractivity contribution in [2.24, 2.45) is 0 Å². The molecule has 1 aliphatic heterocycles. The van der Waals surface area contributed by atoms with Crippen molar-refractivity contribution in [1.29, 1.82) is 0 Å². The highest BCUT2D eigenvalue weighted by Crippen LogP contribution is 2.36. The predicted octanol–water partition coefficient (Wildman–Crippen LogP) is 6.47. The molecule has 0 aliphatic carbocycles. The first-order chi connectivity index (χ1) is 17.3. The number of hydrogen-bond donors (Lipinski definition) is 0. The second-order valence-corrected chi connectivity index (χ2v) is 8.90. The summed E-state index contributed by atoms with van der Waals surface area (Å²) in [7, 11) is 0. The number of amides is 2. The number of nitrogens with zero attached hydrogens (tertiary/aromatic N) is 1. The molecule has 0 atom stereocenters. The molecule has 0 N–H and O–H groups in total. The molecule has 2 amide bonds. The molecule has 184 valence electrons. The van der Waals surface area contributed by atoms with Gasteiger partial charge in [-0.1, -0.05) is 23.7 Å². The summed E-state index contributed by atoms with van der Waals surface area (Å²) in [5, 5.41) is -0.439. The molecule has 0 radical (unpaired) electrons. The van der Waals surface area contributed by atoms with E-state index < -0.39 is 28.8 Å². The average molecular weight is 530 g/mol. The predicted molar refractivity (Wildman–Crippen MR) is 132 cm³/mol. The van der Waals surface area contributed by atoms with Crippen molar-refractivity contribution in [2.75, 3.05) is 6.61 Å². The molecule has 6 nitrogen and oxygen atoms in total. The van der Waals surface area contributed by atoms with Gasteiger partial charge in [-0.25, -0.2) is 13.6 Å². The van der Waals surface area contributed by atoms with E-state index in [9.17, 15) is 23.2 Å². The minimum absolute atomic E-state index is 0.0497. The Bertz CT molecular complexity index is 1360. The van der Waals surface area contributed by atoms with Crippen molar-refractivity contribution in [2.45, 2.75) is 13.5 Å². The second-order valence-electron chi connectivity index (χ2n) is 7.50. The van der Waals surface area contributed by atoms with Gasteiger partial charge in [-0.3, -0.25) is 14.5 Å². The lowest BCUT2D eigenvalue weighted by atomic mass is 10.1. The largest absolute Gasteiger partial charge is 0.490 e. The molecule has 0 aromatic heterocycles. The van der Waals surface area contributed by atoms with Crippen LogP contribution in [-0.2, 0) is 11.3 Å². The van der Waals surface area contributed by atoms with E-state index in [0.717, 1.165) is 17.0 Å². The number of ether oxygens (including phenoxy) is 2. The van der Waals surface area contributed by atoms with Crippen LogP contribution in [0.2, 0.25) is 5.02 Å². The maximum absolute atomic E-state index is 14.2. The molecule has 3 aromatic carbocycles. The summed E-state index contributed by atoms with van der Waals surface area (Å²) in [6.07, 6.45) is 1.49. The molecular formula is C26H18ClF2NO5S. The molecule has 0 bridgehead atoms. The molecule has 36 heavy (non-hydrogen) atoms. The molecule has 3 aromatic rings. The van der Waals surface area contributed by atoms with Crippen LogP contribution in [0.1, 0.15) is 28.4 Å². The van der Waals surface area contributed by atoms with E-state index in [1.165, 1.54) is 42.5 Å². The van der Waals surface area contributed by atoms with E-state index in [4.69, 9.17) is 21.1 Å². The van der Waals surface area contributed by atoms with E-state index in [1.807, 2.05) is 0 Å². The fourth-order valence-electron chi connectivity index (χ4n) is 3.34. The van der Waals surface area contributed by atoms with Crippen molar-refractivity contribution in [3.05, 3.63) is 98.9 Å². The molecule has 0 unspecified atom stereocenters. The third-order valence-corrected chi connectivity index (χ3v) is 6.36. The van der Waals surface area contributed by atoms with Crippen LogP contribution < -0.4 is 9.47 Å². The lowest BCUT2D eigenvalue weighted by Gasteiger charge is -2.14. The van der Waals surface area contributed by atoms with E-state index in [1.54, 1.807) is 19.1 Å². The van der Waals surface area contributed by atoms with Gasteiger partial charge < -0.3 is 9.47 Å². The number of rotatable bonds is 7. The number of benzene rings is 3. The van der Waals surface area contributed by atoms with Crippen molar-refractivity contribution >= 4 is 46.6 Å². The van der Waals surface area contributed by atoms with Gasteiger partial charge in [0.1, 0.15) is 11.6 Å². The summed E-state index contributed by atoms with van der Waals surface area (Å²) in [6.45, 7) is 1.72. The molecule has 10 heteroatoms. The van der Waals surface area contributed by atoms with E-state index in [-0.39, 0.29) is 45.7 Å². The molecule has 1 heterocycles. The SMILES string of the molecule is CCOc1cc(/C=C2\SC(=O)N(Cc3c(F)cccc3Cl)C2=O)ccc1OC(=O)c1ccc(F)cc1. The Morgan fingerprint density at radius 1 is 1.06 bits per heavy atom. The topological polar surface area (TPSA) is 72.9 Å². The van der Waals surface area contributed by atoms with Gasteiger partial charge >= 0.3 is 5.97 Å². The molecule has 4 rings (SSSR count). The second kappa shape index (κ2) is 10.9. The highest BCUT2D eigenvalue weighted by molar-refractivity contribution is 8.18. The summed E-state index contributed by atoms with van der Waals surface area (Å²) < 4.78 is 38.3. The van der Waals surface area contributed by atoms with Crippen LogP contribution in [-0.4, -0.2) is 28.6 Å². The Balaban J connectivity index is 1.55. The maximum atomic E-state index is 14.2. The molecular weight excluding hydrogens is 512 g/mol. The third kappa shape index (κ3) is 5.58. The monoisotopic (exact) mass is 529 g/mol. The minimum atomic E-state index is -0.698. The van der Waals surface area contributed by atoms with Gasteiger partial charge in [-0.05, 0) is 78.9 Å². The zero-order chi connectivity index (χ0) is 25.8. The van der Waals surface area contributed by atoms with Crippen LogP contribution in [0.3, 0.4) is 0 Å². The smallest absolute Gasteiger partial charge is 0.343 e. The average Bonchev–Trinajstić information content (AvgIpc) is 3.10. The summed E-state index contributed by atoms with van der Waals surface area (Å²) in [5.41, 5.74) is 0.717. The van der Waals surface area contributed by atoms with Crippen LogP contribution in [0.4, 0.5) is 13.6 Å². The number of thioether (sulfide) groups is 1. The molecule has 1 fully saturated rings. The van der Waals surface area contributed by atoms with Gasteiger partial charge in [0.2, 0.25) is 0 Å². The first-order valence-corrected chi connectivity index (χ1v) is 11.9. The van der Waals surface area contributed by atoms with Crippen molar-refractivity contribution < 1.29 is 32.6 Å².